The highest BCUT2D eigenvalue weighted by molar-refractivity contribution is 6.30. The third-order valence-electron chi connectivity index (χ3n) is 3.42. The molecule has 2 aromatic carbocycles. The Hall–Kier alpha value is -2.33. The topological polar surface area (TPSA) is 66.4 Å². The Bertz CT molecular complexity index is 723. The fourth-order valence-electron chi connectivity index (χ4n) is 2.45. The lowest BCUT2D eigenvalue weighted by atomic mass is 10.0. The number of carboxylic acid groups (broad SMARTS) is 1. The molecule has 0 fully saturated rings. The van der Waals surface area contributed by atoms with Crippen LogP contribution in [0.25, 0.3) is 0 Å². The van der Waals surface area contributed by atoms with E-state index in [1.807, 2.05) is 19.9 Å². The second-order valence-corrected chi connectivity index (χ2v) is 6.01. The zero-order valence-corrected chi connectivity index (χ0v) is 13.7. The SMILES string of the molecule is Cc1cc(C)cc(C(=O)N[C@@H](Cc2cccc(Cl)c2)C(=O)O)c1. The number of amides is 1. The monoisotopic (exact) mass is 331 g/mol. The van der Waals surface area contributed by atoms with Gasteiger partial charge in [0.05, 0.1) is 0 Å². The Labute approximate surface area is 140 Å². The van der Waals surface area contributed by atoms with Gasteiger partial charge in [-0.1, -0.05) is 40.9 Å². The van der Waals surface area contributed by atoms with Crippen LogP contribution in [0, 0.1) is 13.8 Å². The molecule has 0 aliphatic carbocycles. The largest absolute Gasteiger partial charge is 0.480 e. The van der Waals surface area contributed by atoms with E-state index in [0.717, 1.165) is 16.7 Å². The molecular formula is C18H18ClNO3. The number of carbonyl (C=O) groups is 2. The molecule has 2 aromatic rings. The lowest BCUT2D eigenvalue weighted by Crippen LogP contribution is -2.42. The molecule has 0 aromatic heterocycles. The maximum atomic E-state index is 12.3. The minimum Gasteiger partial charge on any atom is -0.480 e. The maximum Gasteiger partial charge on any atom is 0.326 e. The van der Waals surface area contributed by atoms with Gasteiger partial charge in [-0.25, -0.2) is 4.79 Å². The number of halogens is 1. The Morgan fingerprint density at radius 1 is 1.13 bits per heavy atom. The van der Waals surface area contributed by atoms with Crippen molar-refractivity contribution in [2.75, 3.05) is 0 Å². The second kappa shape index (κ2) is 7.29. The molecule has 0 unspecified atom stereocenters. The number of hydrogen-bond donors (Lipinski definition) is 2. The fraction of sp³-hybridized carbons (Fsp3) is 0.222. The van der Waals surface area contributed by atoms with E-state index in [2.05, 4.69) is 5.32 Å². The normalized spacial score (nSPS) is 11.8. The zero-order chi connectivity index (χ0) is 17.0. The first-order valence-electron chi connectivity index (χ1n) is 7.21. The van der Waals surface area contributed by atoms with E-state index in [0.29, 0.717) is 10.6 Å². The minimum absolute atomic E-state index is 0.173. The molecule has 4 nitrogen and oxygen atoms in total. The Morgan fingerprint density at radius 2 is 1.78 bits per heavy atom. The van der Waals surface area contributed by atoms with Crippen LogP contribution < -0.4 is 5.32 Å². The first-order chi connectivity index (χ1) is 10.8. The summed E-state index contributed by atoms with van der Waals surface area (Å²) in [5.74, 6) is -1.48. The highest BCUT2D eigenvalue weighted by Gasteiger charge is 2.21. The third kappa shape index (κ3) is 4.83. The Kier molecular flexibility index (Phi) is 5.40. The van der Waals surface area contributed by atoms with Gasteiger partial charge in [0, 0.05) is 17.0 Å². The number of aryl methyl sites for hydroxylation is 2. The van der Waals surface area contributed by atoms with Crippen molar-refractivity contribution >= 4 is 23.5 Å². The van der Waals surface area contributed by atoms with E-state index in [4.69, 9.17) is 11.6 Å². The van der Waals surface area contributed by atoms with Gasteiger partial charge in [0.2, 0.25) is 0 Å². The lowest BCUT2D eigenvalue weighted by molar-refractivity contribution is -0.139. The quantitative estimate of drug-likeness (QED) is 0.882. The van der Waals surface area contributed by atoms with Crippen molar-refractivity contribution in [2.24, 2.45) is 0 Å². The van der Waals surface area contributed by atoms with E-state index < -0.39 is 17.9 Å². The molecule has 120 valence electrons. The van der Waals surface area contributed by atoms with Crippen molar-refractivity contribution in [3.63, 3.8) is 0 Å². The number of benzene rings is 2. The Balaban J connectivity index is 2.15. The standard InChI is InChI=1S/C18H18ClNO3/c1-11-6-12(2)8-14(7-11)17(21)20-16(18(22)23)10-13-4-3-5-15(19)9-13/h3-9,16H,10H2,1-2H3,(H,20,21)(H,22,23)/t16-/m0/s1. The summed E-state index contributed by atoms with van der Waals surface area (Å²) in [7, 11) is 0. The highest BCUT2D eigenvalue weighted by atomic mass is 35.5. The number of carboxylic acids is 1. The molecule has 0 spiro atoms. The molecule has 2 rings (SSSR count). The van der Waals surface area contributed by atoms with Crippen LogP contribution in [0.15, 0.2) is 42.5 Å². The van der Waals surface area contributed by atoms with Gasteiger partial charge >= 0.3 is 5.97 Å². The second-order valence-electron chi connectivity index (χ2n) is 5.57. The minimum atomic E-state index is -1.08. The van der Waals surface area contributed by atoms with Gasteiger partial charge < -0.3 is 10.4 Å². The van der Waals surface area contributed by atoms with Gasteiger partial charge in [-0.3, -0.25) is 4.79 Å². The molecule has 0 saturated carbocycles. The highest BCUT2D eigenvalue weighted by Crippen LogP contribution is 2.13. The van der Waals surface area contributed by atoms with Gasteiger partial charge in [-0.15, -0.1) is 0 Å². The summed E-state index contributed by atoms with van der Waals surface area (Å²) < 4.78 is 0. The van der Waals surface area contributed by atoms with E-state index in [1.165, 1.54) is 0 Å². The van der Waals surface area contributed by atoms with Crippen LogP contribution >= 0.6 is 11.6 Å². The van der Waals surface area contributed by atoms with Gasteiger partial charge in [0.1, 0.15) is 6.04 Å². The van der Waals surface area contributed by atoms with E-state index in [9.17, 15) is 14.7 Å². The summed E-state index contributed by atoms with van der Waals surface area (Å²) >= 11 is 5.91. The van der Waals surface area contributed by atoms with Crippen LogP contribution in [-0.2, 0) is 11.2 Å². The predicted octanol–water partition coefficient (Wildman–Crippen LogP) is 3.38. The number of carbonyl (C=O) groups excluding carboxylic acids is 1. The molecule has 0 bridgehead atoms. The van der Waals surface area contributed by atoms with E-state index in [-0.39, 0.29) is 6.42 Å². The lowest BCUT2D eigenvalue weighted by Gasteiger charge is -2.15. The molecule has 23 heavy (non-hydrogen) atoms. The first kappa shape index (κ1) is 17.0. The van der Waals surface area contributed by atoms with Crippen molar-refractivity contribution in [1.82, 2.24) is 5.32 Å². The average molecular weight is 332 g/mol. The van der Waals surface area contributed by atoms with Crippen LogP contribution in [0.3, 0.4) is 0 Å². The molecule has 0 heterocycles. The van der Waals surface area contributed by atoms with Gasteiger partial charge in [-0.2, -0.15) is 0 Å². The van der Waals surface area contributed by atoms with Crippen molar-refractivity contribution in [2.45, 2.75) is 26.3 Å². The summed E-state index contributed by atoms with van der Waals surface area (Å²) in [6.45, 7) is 3.79. The number of hydrogen-bond acceptors (Lipinski definition) is 2. The fourth-order valence-corrected chi connectivity index (χ4v) is 2.66. The van der Waals surface area contributed by atoms with Crippen molar-refractivity contribution in [3.05, 3.63) is 69.7 Å². The van der Waals surface area contributed by atoms with Crippen molar-refractivity contribution < 1.29 is 14.7 Å². The van der Waals surface area contributed by atoms with Crippen LogP contribution in [0.2, 0.25) is 5.02 Å². The van der Waals surface area contributed by atoms with Crippen molar-refractivity contribution in [3.8, 4) is 0 Å². The van der Waals surface area contributed by atoms with E-state index >= 15 is 0 Å². The third-order valence-corrected chi connectivity index (χ3v) is 3.65. The zero-order valence-electron chi connectivity index (χ0n) is 13.0. The summed E-state index contributed by atoms with van der Waals surface area (Å²) in [6, 6.07) is 11.4. The van der Waals surface area contributed by atoms with Gasteiger partial charge in [0.15, 0.2) is 0 Å². The van der Waals surface area contributed by atoms with Crippen LogP contribution in [0.1, 0.15) is 27.0 Å². The summed E-state index contributed by atoms with van der Waals surface area (Å²) in [5, 5.41) is 12.5. The van der Waals surface area contributed by atoms with Gasteiger partial charge in [0.25, 0.3) is 5.91 Å². The Morgan fingerprint density at radius 3 is 2.35 bits per heavy atom. The molecule has 2 N–H and O–H groups in total. The molecular weight excluding hydrogens is 314 g/mol. The number of nitrogens with one attached hydrogen (secondary N) is 1. The summed E-state index contributed by atoms with van der Waals surface area (Å²) in [5.41, 5.74) is 3.12. The van der Waals surface area contributed by atoms with Crippen LogP contribution in [0.4, 0.5) is 0 Å². The van der Waals surface area contributed by atoms with Crippen LogP contribution in [0.5, 0.6) is 0 Å². The average Bonchev–Trinajstić information content (AvgIpc) is 2.45. The molecule has 1 atom stereocenters. The number of aliphatic carboxylic acids is 1. The molecule has 0 aliphatic rings. The van der Waals surface area contributed by atoms with E-state index in [1.54, 1.807) is 36.4 Å². The molecule has 0 saturated heterocycles. The molecule has 1 amide bonds. The number of rotatable bonds is 5. The van der Waals surface area contributed by atoms with Gasteiger partial charge in [-0.05, 0) is 43.7 Å². The van der Waals surface area contributed by atoms with Crippen LogP contribution in [-0.4, -0.2) is 23.0 Å². The summed E-state index contributed by atoms with van der Waals surface area (Å²) in [6.07, 6.45) is 0.173. The first-order valence-corrected chi connectivity index (χ1v) is 7.59. The molecule has 0 radical (unpaired) electrons. The summed E-state index contributed by atoms with van der Waals surface area (Å²) in [4.78, 5) is 23.8. The maximum absolute atomic E-state index is 12.3. The molecule has 5 heteroatoms. The molecule has 0 aliphatic heterocycles. The smallest absolute Gasteiger partial charge is 0.326 e. The predicted molar refractivity (Wildman–Crippen MR) is 90.0 cm³/mol. The van der Waals surface area contributed by atoms with Crippen molar-refractivity contribution in [1.29, 1.82) is 0 Å².